The highest BCUT2D eigenvalue weighted by atomic mass is 31.2. The van der Waals surface area contributed by atoms with Crippen LogP contribution < -0.4 is 5.32 Å². The van der Waals surface area contributed by atoms with Gasteiger partial charge in [0, 0.05) is 6.54 Å². The zero-order valence-corrected chi connectivity index (χ0v) is 15.8. The molecule has 1 fully saturated rings. The third kappa shape index (κ3) is 5.18. The first-order valence-corrected chi connectivity index (χ1v) is 10.1. The predicted octanol–water partition coefficient (Wildman–Crippen LogP) is -0.510. The summed E-state index contributed by atoms with van der Waals surface area (Å²) in [7, 11) is -3.94. The lowest BCUT2D eigenvalue weighted by molar-refractivity contribution is -0.141. The van der Waals surface area contributed by atoms with Gasteiger partial charge in [-0.05, 0) is 13.8 Å². The Morgan fingerprint density at radius 2 is 2.33 bits per heavy atom. The highest BCUT2D eigenvalue weighted by molar-refractivity contribution is 7.52. The molecule has 0 saturated carbocycles. The lowest BCUT2D eigenvalue weighted by Gasteiger charge is -2.22. The number of fused-ring (bicyclic) bond motifs is 1. The average Bonchev–Trinajstić information content (AvgIpc) is 3.13. The van der Waals surface area contributed by atoms with Crippen molar-refractivity contribution in [2.75, 3.05) is 32.7 Å². The lowest BCUT2D eigenvalue weighted by atomic mass is 10.2. The molecule has 1 amide bonds. The Hall–Kier alpha value is -1.69. The van der Waals surface area contributed by atoms with Gasteiger partial charge in [-0.1, -0.05) is 0 Å². The molecule has 0 aromatic rings. The van der Waals surface area contributed by atoms with Crippen molar-refractivity contribution in [3.8, 4) is 0 Å². The summed E-state index contributed by atoms with van der Waals surface area (Å²) in [6, 6.07) is -0.774. The predicted molar refractivity (Wildman–Crippen MR) is 93.8 cm³/mol. The van der Waals surface area contributed by atoms with Crippen LogP contribution in [0.3, 0.4) is 0 Å². The van der Waals surface area contributed by atoms with Gasteiger partial charge in [0.1, 0.15) is 18.3 Å². The van der Waals surface area contributed by atoms with Gasteiger partial charge < -0.3 is 28.5 Å². The molecule has 0 aromatic heterocycles. The first-order valence-electron chi connectivity index (χ1n) is 8.29. The number of nitrogens with zero attached hydrogens (tertiary/aromatic N) is 3. The Balaban J connectivity index is 1.38. The number of guanidine groups is 1. The number of hydrogen-bond acceptors (Lipinski definition) is 9. The highest BCUT2D eigenvalue weighted by Gasteiger charge is 2.36. The highest BCUT2D eigenvalue weighted by Crippen LogP contribution is 2.42. The standard InChI is InChI=1S/C14H22N5O7P/c1-14(2)24-5-9(26-14)6-25-27(21,22)8-23-4-3-19-7-16-10-11(19)17-13(15)18-12(10)20/h7,9-10H,3-6,8H2,1-2H3,(H,21,22)(H2,15,18,20). The Kier molecular flexibility index (Phi) is 5.75. The Labute approximate surface area is 155 Å². The molecule has 3 heterocycles. The summed E-state index contributed by atoms with van der Waals surface area (Å²) in [5, 5.41) is 9.74. The maximum absolute atomic E-state index is 12.0. The van der Waals surface area contributed by atoms with Gasteiger partial charge >= 0.3 is 7.60 Å². The molecule has 3 N–H and O–H groups in total. The smallest absolute Gasteiger partial charge is 0.353 e. The first kappa shape index (κ1) is 20.1. The van der Waals surface area contributed by atoms with Gasteiger partial charge in [0.15, 0.2) is 11.8 Å². The number of rotatable bonds is 8. The minimum Gasteiger partial charge on any atom is -0.367 e. The Morgan fingerprint density at radius 3 is 3.04 bits per heavy atom. The minimum atomic E-state index is -3.94. The average molecular weight is 403 g/mol. The van der Waals surface area contributed by atoms with Gasteiger partial charge in [0.2, 0.25) is 5.96 Å². The fraction of sp³-hybridized carbons (Fsp3) is 0.714. The molecule has 3 unspecified atom stereocenters. The van der Waals surface area contributed by atoms with Crippen LogP contribution in [-0.4, -0.2) is 84.5 Å². The maximum atomic E-state index is 12.0. The maximum Gasteiger partial charge on any atom is 0.353 e. The largest absolute Gasteiger partial charge is 0.367 e. The number of ether oxygens (including phenoxy) is 3. The number of amides is 1. The zero-order chi connectivity index (χ0) is 19.7. The number of carbonyl (C=O) groups is 1. The third-order valence-corrected chi connectivity index (χ3v) is 4.93. The van der Waals surface area contributed by atoms with Crippen molar-refractivity contribution in [2.24, 2.45) is 9.98 Å². The fourth-order valence-electron chi connectivity index (χ4n) is 2.67. The van der Waals surface area contributed by atoms with Crippen LogP contribution in [0.25, 0.3) is 0 Å². The molecule has 13 heteroatoms. The van der Waals surface area contributed by atoms with E-state index < -0.39 is 37.8 Å². The molecule has 0 aliphatic carbocycles. The van der Waals surface area contributed by atoms with E-state index >= 15 is 0 Å². The third-order valence-electron chi connectivity index (χ3n) is 3.87. The van der Waals surface area contributed by atoms with Gasteiger partial charge in [-0.3, -0.25) is 25.1 Å². The van der Waals surface area contributed by atoms with E-state index in [4.69, 9.17) is 24.1 Å². The van der Waals surface area contributed by atoms with E-state index in [1.807, 2.05) is 0 Å². The van der Waals surface area contributed by atoms with Crippen LogP contribution >= 0.6 is 7.60 Å². The summed E-state index contributed by atoms with van der Waals surface area (Å²) in [4.78, 5) is 31.1. The molecule has 27 heavy (non-hydrogen) atoms. The SMILES string of the molecule is CC1(C)OCC(COP(=O)(O)COCCN2C=NC3C(=O)NC(=N)N=C32)O1. The molecule has 3 atom stereocenters. The van der Waals surface area contributed by atoms with Crippen LogP contribution in [0.15, 0.2) is 9.98 Å². The summed E-state index contributed by atoms with van der Waals surface area (Å²) >= 11 is 0. The topological polar surface area (TPSA) is 155 Å². The number of carbonyl (C=O) groups excluding carboxylic acids is 1. The molecule has 3 aliphatic heterocycles. The van der Waals surface area contributed by atoms with Crippen LogP contribution in [0, 0.1) is 5.41 Å². The van der Waals surface area contributed by atoms with Gasteiger partial charge in [-0.25, -0.2) is 0 Å². The van der Waals surface area contributed by atoms with Gasteiger partial charge in [-0.15, -0.1) is 0 Å². The fourth-order valence-corrected chi connectivity index (χ4v) is 3.50. The summed E-state index contributed by atoms with van der Waals surface area (Å²) in [6.07, 6.45) is 0.532. The molecule has 1 saturated heterocycles. The number of hydrogen-bond donors (Lipinski definition) is 3. The van der Waals surface area contributed by atoms with Crippen molar-refractivity contribution in [3.05, 3.63) is 0 Å². The van der Waals surface area contributed by atoms with Crippen molar-refractivity contribution < 1.29 is 33.0 Å². The quantitative estimate of drug-likeness (QED) is 0.361. The van der Waals surface area contributed by atoms with E-state index in [0.717, 1.165) is 0 Å². The van der Waals surface area contributed by atoms with Gasteiger partial charge in [0.25, 0.3) is 5.91 Å². The van der Waals surface area contributed by atoms with E-state index in [0.29, 0.717) is 5.84 Å². The molecule has 0 bridgehead atoms. The van der Waals surface area contributed by atoms with Crippen LogP contribution in [0.4, 0.5) is 0 Å². The molecule has 150 valence electrons. The number of amidine groups is 1. The van der Waals surface area contributed by atoms with Crippen LogP contribution in [0.5, 0.6) is 0 Å². The molecule has 0 aromatic carbocycles. The van der Waals surface area contributed by atoms with E-state index in [1.54, 1.807) is 18.7 Å². The molecule has 12 nitrogen and oxygen atoms in total. The monoisotopic (exact) mass is 403 g/mol. The summed E-state index contributed by atoms with van der Waals surface area (Å²) in [6.45, 7) is 4.05. The molecular weight excluding hydrogens is 381 g/mol. The van der Waals surface area contributed by atoms with Crippen molar-refractivity contribution in [1.82, 2.24) is 10.2 Å². The number of aliphatic imine (C=N–C) groups is 2. The number of nitrogens with one attached hydrogen (secondary N) is 2. The second-order valence-electron chi connectivity index (χ2n) is 6.59. The normalized spacial score (nSPS) is 28.7. The lowest BCUT2D eigenvalue weighted by Crippen LogP contribution is -2.49. The Morgan fingerprint density at radius 1 is 1.56 bits per heavy atom. The zero-order valence-electron chi connectivity index (χ0n) is 15.0. The van der Waals surface area contributed by atoms with Gasteiger partial charge in [-0.2, -0.15) is 4.99 Å². The van der Waals surface area contributed by atoms with E-state index in [1.165, 1.54) is 6.34 Å². The van der Waals surface area contributed by atoms with Crippen molar-refractivity contribution in [2.45, 2.75) is 31.8 Å². The van der Waals surface area contributed by atoms with Crippen molar-refractivity contribution in [3.63, 3.8) is 0 Å². The van der Waals surface area contributed by atoms with Crippen molar-refractivity contribution in [1.29, 1.82) is 5.41 Å². The summed E-state index contributed by atoms with van der Waals surface area (Å²) in [5.41, 5.74) is 0. The second kappa shape index (κ2) is 7.74. The van der Waals surface area contributed by atoms with E-state index in [9.17, 15) is 14.3 Å². The van der Waals surface area contributed by atoms with Crippen LogP contribution in [-0.2, 0) is 28.1 Å². The minimum absolute atomic E-state index is 0.0743. The molecular formula is C14H22N5O7P. The van der Waals surface area contributed by atoms with Crippen LogP contribution in [0.1, 0.15) is 13.8 Å². The van der Waals surface area contributed by atoms with E-state index in [-0.39, 0.29) is 32.3 Å². The second-order valence-corrected chi connectivity index (χ2v) is 8.38. The van der Waals surface area contributed by atoms with Crippen LogP contribution in [0.2, 0.25) is 0 Å². The summed E-state index contributed by atoms with van der Waals surface area (Å²) < 4.78 is 33.1. The molecule has 3 aliphatic rings. The van der Waals surface area contributed by atoms with E-state index in [2.05, 4.69) is 15.3 Å². The Bertz CT molecular complexity index is 725. The molecule has 0 spiro atoms. The molecule has 0 radical (unpaired) electrons. The van der Waals surface area contributed by atoms with Gasteiger partial charge in [0.05, 0.1) is 26.2 Å². The molecule has 3 rings (SSSR count). The summed E-state index contributed by atoms with van der Waals surface area (Å²) in [5.74, 6) is -1.07. The first-order chi connectivity index (χ1) is 12.7. The van der Waals surface area contributed by atoms with Crippen molar-refractivity contribution >= 4 is 31.6 Å².